The molecule has 0 aromatic heterocycles. The van der Waals surface area contributed by atoms with E-state index in [1.165, 1.54) is 12.8 Å². The second kappa shape index (κ2) is 4.87. The molecule has 0 bridgehead atoms. The van der Waals surface area contributed by atoms with Gasteiger partial charge in [0.2, 0.25) is 0 Å². The summed E-state index contributed by atoms with van der Waals surface area (Å²) in [7, 11) is 0. The van der Waals surface area contributed by atoms with Gasteiger partial charge in [-0.25, -0.2) is 0 Å². The van der Waals surface area contributed by atoms with Crippen molar-refractivity contribution in [2.75, 3.05) is 32.8 Å². The molecular weight excluding hydrogens is 212 g/mol. The lowest BCUT2D eigenvalue weighted by atomic mass is 9.86. The average Bonchev–Trinajstić information content (AvgIpc) is 3.07. The van der Waals surface area contributed by atoms with E-state index in [-0.39, 0.29) is 5.54 Å². The van der Waals surface area contributed by atoms with E-state index < -0.39 is 0 Å². The topological polar surface area (TPSA) is 24.5 Å². The number of hydrogen-bond donors (Lipinski definition) is 1. The van der Waals surface area contributed by atoms with E-state index in [9.17, 15) is 0 Å². The first-order valence-electron chi connectivity index (χ1n) is 7.06. The molecule has 2 fully saturated rings. The Morgan fingerprint density at radius 1 is 1.29 bits per heavy atom. The first-order valence-corrected chi connectivity index (χ1v) is 7.06. The van der Waals surface area contributed by atoms with Gasteiger partial charge in [0.1, 0.15) is 0 Å². The van der Waals surface area contributed by atoms with E-state index >= 15 is 0 Å². The molecule has 2 aliphatic rings. The third-order valence-electron chi connectivity index (χ3n) is 4.40. The van der Waals surface area contributed by atoms with Crippen molar-refractivity contribution in [3.63, 3.8) is 0 Å². The van der Waals surface area contributed by atoms with Crippen molar-refractivity contribution in [1.82, 2.24) is 10.2 Å². The third kappa shape index (κ3) is 3.01. The fourth-order valence-electron chi connectivity index (χ4n) is 3.00. The minimum atomic E-state index is 0.237. The first kappa shape index (κ1) is 13.3. The molecule has 1 saturated carbocycles. The standard InChI is InChI=1S/C14H28N2O/c1-5-17-9-8-16-11-13(2,3)15-10-14(16,4)12-6-7-12/h12,15H,5-11H2,1-4H3. The van der Waals surface area contributed by atoms with Gasteiger partial charge >= 0.3 is 0 Å². The van der Waals surface area contributed by atoms with Crippen molar-refractivity contribution in [2.45, 2.75) is 51.6 Å². The van der Waals surface area contributed by atoms with Crippen LogP contribution >= 0.6 is 0 Å². The molecule has 0 radical (unpaired) electrons. The lowest BCUT2D eigenvalue weighted by Gasteiger charge is -2.51. The normalized spacial score (nSPS) is 33.9. The summed E-state index contributed by atoms with van der Waals surface area (Å²) in [4.78, 5) is 2.66. The van der Waals surface area contributed by atoms with Crippen LogP contribution in [-0.4, -0.2) is 48.8 Å². The van der Waals surface area contributed by atoms with Gasteiger partial charge in [0.25, 0.3) is 0 Å². The van der Waals surface area contributed by atoms with Crippen LogP contribution in [0.25, 0.3) is 0 Å². The molecule has 2 rings (SSSR count). The van der Waals surface area contributed by atoms with Gasteiger partial charge in [0.15, 0.2) is 0 Å². The van der Waals surface area contributed by atoms with Gasteiger partial charge < -0.3 is 10.1 Å². The van der Waals surface area contributed by atoms with Crippen molar-refractivity contribution in [1.29, 1.82) is 0 Å². The van der Waals surface area contributed by atoms with E-state index in [1.54, 1.807) is 0 Å². The van der Waals surface area contributed by atoms with Gasteiger partial charge in [-0.3, -0.25) is 4.90 Å². The number of hydrogen-bond acceptors (Lipinski definition) is 3. The molecule has 0 amide bonds. The molecule has 1 atom stereocenters. The average molecular weight is 240 g/mol. The highest BCUT2D eigenvalue weighted by atomic mass is 16.5. The molecule has 1 aliphatic carbocycles. The fourth-order valence-corrected chi connectivity index (χ4v) is 3.00. The predicted octanol–water partition coefficient (Wildman–Crippen LogP) is 1.88. The summed E-state index contributed by atoms with van der Waals surface area (Å²) < 4.78 is 5.54. The molecule has 3 heteroatoms. The number of nitrogens with one attached hydrogen (secondary N) is 1. The van der Waals surface area contributed by atoms with Crippen LogP contribution in [0.1, 0.15) is 40.5 Å². The zero-order valence-corrected chi connectivity index (χ0v) is 11.9. The Morgan fingerprint density at radius 2 is 2.00 bits per heavy atom. The predicted molar refractivity (Wildman–Crippen MR) is 71.3 cm³/mol. The molecule has 17 heavy (non-hydrogen) atoms. The Bertz CT molecular complexity index is 263. The summed E-state index contributed by atoms with van der Waals surface area (Å²) in [5.41, 5.74) is 0.591. The summed E-state index contributed by atoms with van der Waals surface area (Å²) >= 11 is 0. The van der Waals surface area contributed by atoms with Crippen LogP contribution in [0.15, 0.2) is 0 Å². The largest absolute Gasteiger partial charge is 0.380 e. The molecule has 0 spiro atoms. The molecule has 100 valence electrons. The van der Waals surface area contributed by atoms with Crippen molar-refractivity contribution in [2.24, 2.45) is 5.92 Å². The molecule has 0 aromatic rings. The summed E-state index contributed by atoms with van der Waals surface area (Å²) in [6.45, 7) is 14.1. The molecular formula is C14H28N2O. The maximum atomic E-state index is 5.54. The van der Waals surface area contributed by atoms with Crippen LogP contribution in [0.2, 0.25) is 0 Å². The van der Waals surface area contributed by atoms with Gasteiger partial charge in [0.05, 0.1) is 6.61 Å². The quantitative estimate of drug-likeness (QED) is 0.743. The number of nitrogens with zero attached hydrogens (tertiary/aromatic N) is 1. The van der Waals surface area contributed by atoms with E-state index in [0.717, 1.165) is 38.8 Å². The van der Waals surface area contributed by atoms with E-state index in [1.807, 2.05) is 0 Å². The Balaban J connectivity index is 1.98. The summed E-state index contributed by atoms with van der Waals surface area (Å²) in [6.07, 6.45) is 2.81. The van der Waals surface area contributed by atoms with E-state index in [2.05, 4.69) is 37.9 Å². The van der Waals surface area contributed by atoms with Crippen LogP contribution < -0.4 is 5.32 Å². The second-order valence-corrected chi connectivity index (χ2v) is 6.49. The summed E-state index contributed by atoms with van der Waals surface area (Å²) in [5.74, 6) is 0.896. The molecule has 1 heterocycles. The molecule has 0 aromatic carbocycles. The molecule has 1 saturated heterocycles. The number of ether oxygens (including phenoxy) is 1. The van der Waals surface area contributed by atoms with Crippen molar-refractivity contribution in [3.05, 3.63) is 0 Å². The van der Waals surface area contributed by atoms with Gasteiger partial charge in [-0.15, -0.1) is 0 Å². The highest BCUT2D eigenvalue weighted by Crippen LogP contribution is 2.44. The smallest absolute Gasteiger partial charge is 0.0593 e. The van der Waals surface area contributed by atoms with Gasteiger partial charge in [-0.1, -0.05) is 0 Å². The Labute approximate surface area is 106 Å². The fraction of sp³-hybridized carbons (Fsp3) is 1.00. The van der Waals surface area contributed by atoms with Gasteiger partial charge in [0, 0.05) is 37.3 Å². The Morgan fingerprint density at radius 3 is 2.59 bits per heavy atom. The zero-order valence-electron chi connectivity index (χ0n) is 11.9. The van der Waals surface area contributed by atoms with E-state index in [0.29, 0.717) is 5.54 Å². The SMILES string of the molecule is CCOCCN1CC(C)(C)NCC1(C)C1CC1. The summed E-state index contributed by atoms with van der Waals surface area (Å²) in [6, 6.07) is 0. The van der Waals surface area contributed by atoms with Crippen molar-refractivity contribution in [3.8, 4) is 0 Å². The third-order valence-corrected chi connectivity index (χ3v) is 4.40. The Hall–Kier alpha value is -0.120. The molecule has 1 aliphatic heterocycles. The Kier molecular flexibility index (Phi) is 3.81. The van der Waals surface area contributed by atoms with Crippen LogP contribution in [0.3, 0.4) is 0 Å². The molecule has 3 nitrogen and oxygen atoms in total. The van der Waals surface area contributed by atoms with Crippen molar-refractivity contribution >= 4 is 0 Å². The highest BCUT2D eigenvalue weighted by Gasteiger charge is 2.49. The minimum Gasteiger partial charge on any atom is -0.380 e. The monoisotopic (exact) mass is 240 g/mol. The van der Waals surface area contributed by atoms with E-state index in [4.69, 9.17) is 4.74 Å². The molecule has 1 unspecified atom stereocenters. The lowest BCUT2D eigenvalue weighted by molar-refractivity contribution is -0.00877. The van der Waals surface area contributed by atoms with Crippen LogP contribution in [0, 0.1) is 5.92 Å². The lowest BCUT2D eigenvalue weighted by Crippen LogP contribution is -2.68. The van der Waals surface area contributed by atoms with Gasteiger partial charge in [-0.05, 0) is 46.5 Å². The first-order chi connectivity index (χ1) is 7.98. The van der Waals surface area contributed by atoms with Crippen LogP contribution in [0.5, 0.6) is 0 Å². The highest BCUT2D eigenvalue weighted by molar-refractivity contribution is 5.06. The van der Waals surface area contributed by atoms with Crippen LogP contribution in [-0.2, 0) is 4.74 Å². The number of rotatable bonds is 5. The summed E-state index contributed by atoms with van der Waals surface area (Å²) in [5, 5.41) is 3.71. The number of piperazine rings is 1. The van der Waals surface area contributed by atoms with Crippen LogP contribution in [0.4, 0.5) is 0 Å². The maximum absolute atomic E-state index is 5.54. The van der Waals surface area contributed by atoms with Gasteiger partial charge in [-0.2, -0.15) is 0 Å². The maximum Gasteiger partial charge on any atom is 0.0593 e. The second-order valence-electron chi connectivity index (χ2n) is 6.49. The zero-order chi connectivity index (χ0) is 12.5. The minimum absolute atomic E-state index is 0.237. The van der Waals surface area contributed by atoms with Crippen molar-refractivity contribution < 1.29 is 4.74 Å². The molecule has 1 N–H and O–H groups in total.